The topological polar surface area (TPSA) is 64.0 Å². The third kappa shape index (κ3) is 4.22. The zero-order chi connectivity index (χ0) is 19.6. The molecule has 0 spiro atoms. The number of aromatic nitrogens is 2. The lowest BCUT2D eigenvalue weighted by atomic mass is 10.2. The van der Waals surface area contributed by atoms with Crippen LogP contribution in [-0.4, -0.2) is 20.7 Å². The number of hydrogen-bond donors (Lipinski definition) is 1. The van der Waals surface area contributed by atoms with Gasteiger partial charge in [-0.2, -0.15) is 0 Å². The Kier molecular flexibility index (Phi) is 5.65. The van der Waals surface area contributed by atoms with Crippen LogP contribution in [0.5, 0.6) is 0 Å². The summed E-state index contributed by atoms with van der Waals surface area (Å²) in [6, 6.07) is 14.9. The van der Waals surface area contributed by atoms with Gasteiger partial charge >= 0.3 is 0 Å². The molecule has 0 bridgehead atoms. The number of fused-ring (bicyclic) bond motifs is 1. The highest BCUT2D eigenvalue weighted by molar-refractivity contribution is 8.00. The van der Waals surface area contributed by atoms with Crippen molar-refractivity contribution >= 4 is 34.3 Å². The molecule has 5 nitrogen and oxygen atoms in total. The molecule has 1 aromatic heterocycles. The van der Waals surface area contributed by atoms with Crippen LogP contribution in [0.25, 0.3) is 10.9 Å². The van der Waals surface area contributed by atoms with Gasteiger partial charge in [0.25, 0.3) is 5.56 Å². The van der Waals surface area contributed by atoms with Gasteiger partial charge < -0.3 is 5.32 Å². The molecule has 0 saturated heterocycles. The zero-order valence-corrected chi connectivity index (χ0v) is 16.7. The van der Waals surface area contributed by atoms with E-state index >= 15 is 0 Å². The Labute approximate surface area is 162 Å². The molecular formula is C21H23N3O2S. The molecule has 1 N–H and O–H groups in total. The third-order valence-corrected chi connectivity index (χ3v) is 5.30. The van der Waals surface area contributed by atoms with Gasteiger partial charge in [-0.15, -0.1) is 0 Å². The van der Waals surface area contributed by atoms with E-state index in [0.717, 1.165) is 11.3 Å². The van der Waals surface area contributed by atoms with Gasteiger partial charge in [0.2, 0.25) is 5.91 Å². The summed E-state index contributed by atoms with van der Waals surface area (Å²) < 4.78 is 1.66. The Bertz CT molecular complexity index is 1040. The first kappa shape index (κ1) is 19.2. The number of thioether (sulfide) groups is 1. The predicted octanol–water partition coefficient (Wildman–Crippen LogP) is 4.41. The van der Waals surface area contributed by atoms with Gasteiger partial charge in [-0.25, -0.2) is 4.98 Å². The molecule has 0 saturated carbocycles. The van der Waals surface area contributed by atoms with Crippen molar-refractivity contribution < 1.29 is 4.79 Å². The van der Waals surface area contributed by atoms with Crippen LogP contribution in [0, 0.1) is 6.92 Å². The second kappa shape index (κ2) is 7.96. The van der Waals surface area contributed by atoms with Crippen LogP contribution in [0.1, 0.15) is 32.4 Å². The molecule has 0 aliphatic heterocycles. The zero-order valence-electron chi connectivity index (χ0n) is 15.9. The quantitative estimate of drug-likeness (QED) is 0.525. The molecule has 0 radical (unpaired) electrons. The first-order chi connectivity index (χ1) is 12.9. The van der Waals surface area contributed by atoms with Gasteiger partial charge in [-0.05, 0) is 57.5 Å². The maximum absolute atomic E-state index is 12.9. The number of amides is 1. The van der Waals surface area contributed by atoms with Crippen molar-refractivity contribution in [2.24, 2.45) is 0 Å². The number of anilines is 1. The Morgan fingerprint density at radius 2 is 1.85 bits per heavy atom. The summed E-state index contributed by atoms with van der Waals surface area (Å²) >= 11 is 1.30. The van der Waals surface area contributed by atoms with E-state index in [1.54, 1.807) is 10.6 Å². The molecule has 27 heavy (non-hydrogen) atoms. The second-order valence-electron chi connectivity index (χ2n) is 6.80. The van der Waals surface area contributed by atoms with Crippen molar-refractivity contribution in [1.29, 1.82) is 0 Å². The fraction of sp³-hybridized carbons (Fsp3) is 0.286. The number of para-hydroxylation sites is 1. The number of rotatable bonds is 5. The average molecular weight is 382 g/mol. The van der Waals surface area contributed by atoms with Gasteiger partial charge in [-0.3, -0.25) is 14.2 Å². The van der Waals surface area contributed by atoms with E-state index < -0.39 is 5.25 Å². The lowest BCUT2D eigenvalue weighted by Gasteiger charge is -2.18. The van der Waals surface area contributed by atoms with Gasteiger partial charge in [-0.1, -0.05) is 36.0 Å². The van der Waals surface area contributed by atoms with Crippen molar-refractivity contribution in [2.45, 2.75) is 44.1 Å². The average Bonchev–Trinajstić information content (AvgIpc) is 2.61. The van der Waals surface area contributed by atoms with E-state index in [4.69, 9.17) is 0 Å². The van der Waals surface area contributed by atoms with Crippen molar-refractivity contribution in [3.8, 4) is 0 Å². The molecule has 3 rings (SSSR count). The van der Waals surface area contributed by atoms with Crippen LogP contribution in [0.2, 0.25) is 0 Å². The van der Waals surface area contributed by atoms with E-state index in [1.165, 1.54) is 11.8 Å². The van der Waals surface area contributed by atoms with Crippen LogP contribution in [0.15, 0.2) is 58.5 Å². The van der Waals surface area contributed by atoms with E-state index in [1.807, 2.05) is 70.2 Å². The number of benzene rings is 2. The van der Waals surface area contributed by atoms with Crippen molar-refractivity contribution in [3.05, 3.63) is 64.4 Å². The normalized spacial score (nSPS) is 12.3. The van der Waals surface area contributed by atoms with Crippen LogP contribution in [0.4, 0.5) is 5.69 Å². The minimum atomic E-state index is -0.399. The second-order valence-corrected chi connectivity index (χ2v) is 8.11. The first-order valence-corrected chi connectivity index (χ1v) is 9.80. The lowest BCUT2D eigenvalue weighted by molar-refractivity contribution is -0.115. The Balaban J connectivity index is 1.89. The summed E-state index contributed by atoms with van der Waals surface area (Å²) in [5, 5.41) is 3.68. The molecule has 1 heterocycles. The smallest absolute Gasteiger partial charge is 0.262 e. The van der Waals surface area contributed by atoms with Gasteiger partial charge in [0.15, 0.2) is 5.16 Å². The molecule has 0 aliphatic rings. The molecule has 0 fully saturated rings. The molecule has 140 valence electrons. The summed E-state index contributed by atoms with van der Waals surface area (Å²) in [6.45, 7) is 7.69. The minimum Gasteiger partial charge on any atom is -0.325 e. The highest BCUT2D eigenvalue weighted by Crippen LogP contribution is 2.25. The largest absolute Gasteiger partial charge is 0.325 e. The van der Waals surface area contributed by atoms with Crippen LogP contribution in [-0.2, 0) is 4.79 Å². The highest BCUT2D eigenvalue weighted by atomic mass is 32.2. The Morgan fingerprint density at radius 1 is 1.11 bits per heavy atom. The molecule has 1 atom stereocenters. The van der Waals surface area contributed by atoms with Gasteiger partial charge in [0.05, 0.1) is 16.2 Å². The number of nitrogens with one attached hydrogen (secondary N) is 1. The number of nitrogens with zero attached hydrogens (tertiary/aromatic N) is 2. The van der Waals surface area contributed by atoms with E-state index in [9.17, 15) is 9.59 Å². The number of carbonyl (C=O) groups excluding carboxylic acids is 1. The molecule has 0 aliphatic carbocycles. The summed E-state index contributed by atoms with van der Waals surface area (Å²) in [6.07, 6.45) is 0. The summed E-state index contributed by atoms with van der Waals surface area (Å²) in [7, 11) is 0. The fourth-order valence-electron chi connectivity index (χ4n) is 2.84. The van der Waals surface area contributed by atoms with E-state index in [2.05, 4.69) is 10.3 Å². The molecule has 2 aromatic carbocycles. The van der Waals surface area contributed by atoms with E-state index in [0.29, 0.717) is 16.1 Å². The monoisotopic (exact) mass is 381 g/mol. The van der Waals surface area contributed by atoms with Crippen molar-refractivity contribution in [3.63, 3.8) is 0 Å². The fourth-order valence-corrected chi connectivity index (χ4v) is 3.88. The van der Waals surface area contributed by atoms with Gasteiger partial charge in [0.1, 0.15) is 0 Å². The van der Waals surface area contributed by atoms with Crippen LogP contribution in [0.3, 0.4) is 0 Å². The predicted molar refractivity (Wildman–Crippen MR) is 112 cm³/mol. The standard InChI is InChI=1S/C21H23N3O2S/c1-13(2)24-20(26)17-10-5-6-11-18(17)23-21(24)27-15(4)19(25)22-16-9-7-8-14(3)12-16/h5-13,15H,1-4H3,(H,22,25)/t15-/m1/s1. The van der Waals surface area contributed by atoms with E-state index in [-0.39, 0.29) is 17.5 Å². The number of hydrogen-bond acceptors (Lipinski definition) is 4. The SMILES string of the molecule is Cc1cccc(NC(=O)[C@@H](C)Sc2nc3ccccc3c(=O)n2C(C)C)c1. The van der Waals surface area contributed by atoms with Crippen molar-refractivity contribution in [2.75, 3.05) is 5.32 Å². The molecule has 1 amide bonds. The summed E-state index contributed by atoms with van der Waals surface area (Å²) in [4.78, 5) is 30.1. The maximum atomic E-state index is 12.9. The molecule has 3 aromatic rings. The van der Waals surface area contributed by atoms with Crippen molar-refractivity contribution in [1.82, 2.24) is 9.55 Å². The lowest BCUT2D eigenvalue weighted by Crippen LogP contribution is -2.28. The molecule has 0 unspecified atom stereocenters. The van der Waals surface area contributed by atoms with Crippen LogP contribution >= 0.6 is 11.8 Å². The first-order valence-electron chi connectivity index (χ1n) is 8.92. The summed E-state index contributed by atoms with van der Waals surface area (Å²) in [5.74, 6) is -0.122. The number of carbonyl (C=O) groups is 1. The van der Waals surface area contributed by atoms with Gasteiger partial charge in [0, 0.05) is 11.7 Å². The Hall–Kier alpha value is -2.60. The van der Waals surface area contributed by atoms with Crippen LogP contribution < -0.4 is 10.9 Å². The minimum absolute atomic E-state index is 0.0517. The third-order valence-electron chi connectivity index (χ3n) is 4.23. The highest BCUT2D eigenvalue weighted by Gasteiger charge is 2.20. The maximum Gasteiger partial charge on any atom is 0.262 e. The number of aryl methyl sites for hydroxylation is 1. The summed E-state index contributed by atoms with van der Waals surface area (Å²) in [5.41, 5.74) is 2.41. The molecular weight excluding hydrogens is 358 g/mol. The Morgan fingerprint density at radius 3 is 2.56 bits per heavy atom. The molecule has 6 heteroatoms.